The fraction of sp³-hybridized carbons (Fsp3) is 0.368. The molecule has 4 nitrogen and oxygen atoms in total. The third-order valence-electron chi connectivity index (χ3n) is 4.55. The monoisotopic (exact) mass is 316 g/mol. The van der Waals surface area contributed by atoms with Crippen LogP contribution in [0.4, 0.5) is 0 Å². The molecular weight excluding hydrogens is 292 g/mol. The maximum atomic E-state index is 9.00. The average molecular weight is 316 g/mol. The number of rotatable bonds is 4. The summed E-state index contributed by atoms with van der Waals surface area (Å²) in [5, 5.41) is 18.0. The van der Waals surface area contributed by atoms with Gasteiger partial charge in [-0.1, -0.05) is 38.1 Å². The highest BCUT2D eigenvalue weighted by molar-refractivity contribution is 5.51. The van der Waals surface area contributed by atoms with Gasteiger partial charge in [-0.3, -0.25) is 0 Å². The number of benzene rings is 2. The van der Waals surface area contributed by atoms with Crippen LogP contribution in [-0.2, 0) is 5.41 Å². The molecule has 2 aromatic rings. The van der Waals surface area contributed by atoms with Gasteiger partial charge in [0.25, 0.3) is 0 Å². The summed E-state index contributed by atoms with van der Waals surface area (Å²) in [5.41, 5.74) is 5.57. The van der Waals surface area contributed by atoms with Crippen LogP contribution in [0.3, 0.4) is 0 Å². The lowest BCUT2D eigenvalue weighted by Crippen LogP contribution is -2.20. The first-order valence-corrected chi connectivity index (χ1v) is 7.58. The first-order chi connectivity index (χ1) is 10.7. The average Bonchev–Trinajstić information content (AvgIpc) is 2.46. The van der Waals surface area contributed by atoms with Crippen LogP contribution in [0.5, 0.6) is 11.5 Å². The van der Waals surface area contributed by atoms with Crippen LogP contribution in [0, 0.1) is 27.7 Å². The molecule has 124 valence electrons. The van der Waals surface area contributed by atoms with Crippen LogP contribution in [0.1, 0.15) is 47.2 Å². The summed E-state index contributed by atoms with van der Waals surface area (Å²) in [6.07, 6.45) is 0. The topological polar surface area (TPSA) is 58.9 Å². The third-order valence-corrected chi connectivity index (χ3v) is 4.55. The van der Waals surface area contributed by atoms with Crippen molar-refractivity contribution in [3.63, 3.8) is 0 Å². The van der Waals surface area contributed by atoms with Gasteiger partial charge in [0.15, 0.2) is 11.5 Å². The molecule has 23 heavy (non-hydrogen) atoms. The van der Waals surface area contributed by atoms with Crippen LogP contribution >= 0.6 is 0 Å². The van der Waals surface area contributed by atoms with E-state index in [4.69, 9.17) is 10.5 Å². The maximum Gasteiger partial charge on any atom is 0.170 e. The highest BCUT2D eigenvalue weighted by atomic mass is 17.1. The second-order valence-electron chi connectivity index (χ2n) is 6.69. The fourth-order valence-corrected chi connectivity index (χ4v) is 3.08. The summed E-state index contributed by atoms with van der Waals surface area (Å²) in [5.74, 6) is 1.00. The van der Waals surface area contributed by atoms with E-state index >= 15 is 0 Å². The molecule has 0 saturated carbocycles. The van der Waals surface area contributed by atoms with Crippen molar-refractivity contribution in [1.82, 2.24) is 0 Å². The van der Waals surface area contributed by atoms with Crippen molar-refractivity contribution in [2.45, 2.75) is 47.0 Å². The standard InChI is InChI=1S/C19H24O4/c1-11-7-15(8-12(2)17(11)22-20)19(5,6)16-9-13(3)18(23-21)14(4)10-16/h7-10,20-21H,1-6H3. The number of aryl methyl sites for hydroxylation is 4. The lowest BCUT2D eigenvalue weighted by Gasteiger charge is -2.28. The molecule has 0 radical (unpaired) electrons. The molecule has 0 atom stereocenters. The zero-order valence-corrected chi connectivity index (χ0v) is 14.5. The molecule has 0 spiro atoms. The molecule has 0 amide bonds. The van der Waals surface area contributed by atoms with Crippen LogP contribution in [0.2, 0.25) is 0 Å². The molecule has 4 heteroatoms. The molecule has 0 aliphatic carbocycles. The van der Waals surface area contributed by atoms with Gasteiger partial charge in [0.05, 0.1) is 0 Å². The van der Waals surface area contributed by atoms with Gasteiger partial charge >= 0.3 is 0 Å². The van der Waals surface area contributed by atoms with E-state index in [0.717, 1.165) is 33.4 Å². The highest BCUT2D eigenvalue weighted by Gasteiger charge is 2.26. The first-order valence-electron chi connectivity index (χ1n) is 7.58. The van der Waals surface area contributed by atoms with Gasteiger partial charge in [-0.2, -0.15) is 0 Å². The Morgan fingerprint density at radius 1 is 0.652 bits per heavy atom. The van der Waals surface area contributed by atoms with Gasteiger partial charge in [-0.15, -0.1) is 0 Å². The summed E-state index contributed by atoms with van der Waals surface area (Å²) in [6.45, 7) is 12.0. The summed E-state index contributed by atoms with van der Waals surface area (Å²) in [6, 6.07) is 8.11. The summed E-state index contributed by atoms with van der Waals surface area (Å²) < 4.78 is 0. The Balaban J connectivity index is 2.59. The van der Waals surface area contributed by atoms with Gasteiger partial charge in [0.2, 0.25) is 0 Å². The minimum atomic E-state index is -0.243. The highest BCUT2D eigenvalue weighted by Crippen LogP contribution is 2.38. The molecule has 2 rings (SSSR count). The number of hydrogen-bond acceptors (Lipinski definition) is 4. The SMILES string of the molecule is Cc1cc(C(C)(C)c2cc(C)c(OO)c(C)c2)cc(C)c1OO. The zero-order chi connectivity index (χ0) is 17.4. The fourth-order valence-electron chi connectivity index (χ4n) is 3.08. The molecule has 0 bridgehead atoms. The summed E-state index contributed by atoms with van der Waals surface area (Å²) >= 11 is 0. The van der Waals surface area contributed by atoms with Crippen LogP contribution in [0.15, 0.2) is 24.3 Å². The van der Waals surface area contributed by atoms with Gasteiger partial charge in [-0.05, 0) is 61.1 Å². The summed E-state index contributed by atoms with van der Waals surface area (Å²) in [7, 11) is 0. The van der Waals surface area contributed by atoms with E-state index in [0.29, 0.717) is 11.5 Å². The lowest BCUT2D eigenvalue weighted by atomic mass is 9.76. The Bertz CT molecular complexity index is 625. The smallest absolute Gasteiger partial charge is 0.170 e. The molecule has 0 unspecified atom stereocenters. The van der Waals surface area contributed by atoms with Gasteiger partial charge < -0.3 is 9.78 Å². The Labute approximate surface area is 137 Å². The van der Waals surface area contributed by atoms with E-state index in [1.807, 2.05) is 52.0 Å². The normalized spacial score (nSPS) is 11.5. The minimum Gasteiger partial charge on any atom is -0.340 e. The van der Waals surface area contributed by atoms with Crippen molar-refractivity contribution in [1.29, 1.82) is 0 Å². The molecule has 0 aliphatic rings. The van der Waals surface area contributed by atoms with E-state index in [1.165, 1.54) is 0 Å². The van der Waals surface area contributed by atoms with Crippen LogP contribution in [0.25, 0.3) is 0 Å². The largest absolute Gasteiger partial charge is 0.340 e. The van der Waals surface area contributed by atoms with Crippen molar-refractivity contribution in [3.05, 3.63) is 57.6 Å². The molecular formula is C19H24O4. The molecule has 0 heterocycles. The summed E-state index contributed by atoms with van der Waals surface area (Å²) in [4.78, 5) is 8.95. The van der Waals surface area contributed by atoms with Crippen molar-refractivity contribution < 1.29 is 20.3 Å². The Hall–Kier alpha value is -2.04. The first kappa shape index (κ1) is 17.3. The van der Waals surface area contributed by atoms with Gasteiger partial charge in [0, 0.05) is 5.41 Å². The molecule has 2 N–H and O–H groups in total. The van der Waals surface area contributed by atoms with E-state index < -0.39 is 0 Å². The van der Waals surface area contributed by atoms with Crippen molar-refractivity contribution >= 4 is 0 Å². The van der Waals surface area contributed by atoms with E-state index in [-0.39, 0.29) is 5.41 Å². The molecule has 2 aromatic carbocycles. The zero-order valence-electron chi connectivity index (χ0n) is 14.5. The van der Waals surface area contributed by atoms with Crippen LogP contribution in [-0.4, -0.2) is 10.5 Å². The van der Waals surface area contributed by atoms with Gasteiger partial charge in [0.1, 0.15) is 0 Å². The third kappa shape index (κ3) is 3.05. The van der Waals surface area contributed by atoms with Crippen molar-refractivity contribution in [2.75, 3.05) is 0 Å². The maximum absolute atomic E-state index is 9.00. The second-order valence-corrected chi connectivity index (χ2v) is 6.69. The molecule has 0 fully saturated rings. The predicted octanol–water partition coefficient (Wildman–Crippen LogP) is 4.95. The Kier molecular flexibility index (Phi) is 4.68. The quantitative estimate of drug-likeness (QED) is 0.619. The van der Waals surface area contributed by atoms with Crippen molar-refractivity contribution in [2.24, 2.45) is 0 Å². The number of hydrogen-bond donors (Lipinski definition) is 2. The van der Waals surface area contributed by atoms with Gasteiger partial charge in [-0.25, -0.2) is 10.5 Å². The lowest BCUT2D eigenvalue weighted by molar-refractivity contribution is -0.138. The Morgan fingerprint density at radius 2 is 0.913 bits per heavy atom. The van der Waals surface area contributed by atoms with Crippen molar-refractivity contribution in [3.8, 4) is 11.5 Å². The minimum absolute atomic E-state index is 0.243. The second kappa shape index (κ2) is 6.22. The van der Waals surface area contributed by atoms with E-state index in [2.05, 4.69) is 23.6 Å². The van der Waals surface area contributed by atoms with E-state index in [9.17, 15) is 0 Å². The molecule has 0 aromatic heterocycles. The molecule has 0 saturated heterocycles. The predicted molar refractivity (Wildman–Crippen MR) is 90.5 cm³/mol. The molecule has 0 aliphatic heterocycles. The Morgan fingerprint density at radius 3 is 1.13 bits per heavy atom. The van der Waals surface area contributed by atoms with Crippen LogP contribution < -0.4 is 9.78 Å². The van der Waals surface area contributed by atoms with E-state index in [1.54, 1.807) is 0 Å².